The average Bonchev–Trinajstić information content (AvgIpc) is 2.61. The highest BCUT2D eigenvalue weighted by Gasteiger charge is 2.10. The van der Waals surface area contributed by atoms with E-state index in [4.69, 9.17) is 16.3 Å². The first-order valence-corrected chi connectivity index (χ1v) is 7.95. The number of methoxy groups -OCH3 is 1. The van der Waals surface area contributed by atoms with Gasteiger partial charge in [-0.15, -0.1) is 0 Å². The Morgan fingerprint density at radius 1 is 1.12 bits per heavy atom. The number of hydrogen-bond donors (Lipinski definition) is 2. The quantitative estimate of drug-likeness (QED) is 0.618. The maximum absolute atomic E-state index is 12.3. The lowest BCUT2D eigenvalue weighted by Crippen LogP contribution is -2.13. The van der Waals surface area contributed by atoms with Crippen LogP contribution in [-0.2, 0) is 9.59 Å². The molecule has 0 saturated carbocycles. The number of hydrogen-bond acceptors (Lipinski definition) is 4. The summed E-state index contributed by atoms with van der Waals surface area (Å²) in [5.41, 5.74) is 1.64. The predicted octanol–water partition coefficient (Wildman–Crippen LogP) is 3.85. The van der Waals surface area contributed by atoms with Gasteiger partial charge >= 0.3 is 0 Å². The minimum Gasteiger partial charge on any atom is -0.495 e. The Labute approximate surface area is 156 Å². The minimum atomic E-state index is -0.549. The molecule has 2 N–H and O–H groups in total. The number of benzene rings is 2. The van der Waals surface area contributed by atoms with Crippen LogP contribution in [0.1, 0.15) is 12.5 Å². The van der Waals surface area contributed by atoms with Gasteiger partial charge in [0.1, 0.15) is 17.4 Å². The third kappa shape index (κ3) is 5.10. The van der Waals surface area contributed by atoms with Crippen LogP contribution in [0.25, 0.3) is 6.08 Å². The van der Waals surface area contributed by atoms with E-state index in [-0.39, 0.29) is 11.5 Å². The molecular weight excluding hydrogens is 354 g/mol. The number of nitrogens with one attached hydrogen (secondary N) is 2. The summed E-state index contributed by atoms with van der Waals surface area (Å²) < 4.78 is 5.07. The Morgan fingerprint density at radius 3 is 2.23 bits per heavy atom. The molecule has 0 aromatic heterocycles. The van der Waals surface area contributed by atoms with E-state index in [9.17, 15) is 14.9 Å². The summed E-state index contributed by atoms with van der Waals surface area (Å²) in [6.45, 7) is 1.41. The molecule has 0 saturated heterocycles. The van der Waals surface area contributed by atoms with Crippen molar-refractivity contribution in [1.82, 2.24) is 0 Å². The fourth-order valence-electron chi connectivity index (χ4n) is 2.13. The molecule has 0 aliphatic heterocycles. The number of nitrogens with zero attached hydrogens (tertiary/aromatic N) is 1. The third-order valence-electron chi connectivity index (χ3n) is 3.32. The molecule has 6 nitrogen and oxygen atoms in total. The first kappa shape index (κ1) is 19.0. The molecule has 0 aliphatic carbocycles. The second kappa shape index (κ2) is 8.70. The zero-order valence-corrected chi connectivity index (χ0v) is 14.9. The van der Waals surface area contributed by atoms with Gasteiger partial charge in [0.05, 0.1) is 12.1 Å². The molecule has 2 amide bonds. The third-order valence-corrected chi connectivity index (χ3v) is 3.61. The molecule has 0 unspecified atom stereocenters. The lowest BCUT2D eigenvalue weighted by molar-refractivity contribution is -0.114. The number of ether oxygens (including phenoxy) is 1. The van der Waals surface area contributed by atoms with Gasteiger partial charge in [0.2, 0.25) is 5.91 Å². The van der Waals surface area contributed by atoms with Crippen LogP contribution in [-0.4, -0.2) is 18.9 Å². The highest BCUT2D eigenvalue weighted by molar-refractivity contribution is 6.32. The van der Waals surface area contributed by atoms with Crippen molar-refractivity contribution in [2.75, 3.05) is 17.7 Å². The predicted molar refractivity (Wildman–Crippen MR) is 101 cm³/mol. The van der Waals surface area contributed by atoms with Gasteiger partial charge in [-0.3, -0.25) is 9.59 Å². The number of halogens is 1. The van der Waals surface area contributed by atoms with Crippen LogP contribution in [0.15, 0.2) is 48.0 Å². The van der Waals surface area contributed by atoms with Crippen LogP contribution in [0.4, 0.5) is 11.4 Å². The summed E-state index contributed by atoms with van der Waals surface area (Å²) in [4.78, 5) is 23.3. The van der Waals surface area contributed by atoms with Crippen molar-refractivity contribution in [2.45, 2.75) is 6.92 Å². The topological polar surface area (TPSA) is 91.2 Å². The van der Waals surface area contributed by atoms with Crippen molar-refractivity contribution in [3.8, 4) is 11.8 Å². The van der Waals surface area contributed by atoms with Crippen molar-refractivity contribution in [3.63, 3.8) is 0 Å². The van der Waals surface area contributed by atoms with E-state index >= 15 is 0 Å². The van der Waals surface area contributed by atoms with Crippen molar-refractivity contribution in [3.05, 3.63) is 58.6 Å². The van der Waals surface area contributed by atoms with Crippen LogP contribution >= 0.6 is 11.6 Å². The first-order chi connectivity index (χ1) is 12.4. The van der Waals surface area contributed by atoms with Crippen molar-refractivity contribution < 1.29 is 14.3 Å². The summed E-state index contributed by atoms with van der Waals surface area (Å²) in [6, 6.07) is 13.4. The highest BCUT2D eigenvalue weighted by atomic mass is 35.5. The minimum absolute atomic E-state index is 0.0721. The second-order valence-corrected chi connectivity index (χ2v) is 5.68. The van der Waals surface area contributed by atoms with Crippen LogP contribution in [0.2, 0.25) is 5.02 Å². The molecule has 132 valence electrons. The Balaban J connectivity index is 2.14. The number of amides is 2. The summed E-state index contributed by atoms with van der Waals surface area (Å²) in [6.07, 6.45) is 1.44. The summed E-state index contributed by atoms with van der Waals surface area (Å²) in [5.74, 6) is -0.229. The van der Waals surface area contributed by atoms with Crippen molar-refractivity contribution in [1.29, 1.82) is 5.26 Å². The van der Waals surface area contributed by atoms with Gasteiger partial charge in [0.25, 0.3) is 5.91 Å². The Bertz CT molecular complexity index is 899. The smallest absolute Gasteiger partial charge is 0.266 e. The monoisotopic (exact) mass is 369 g/mol. The van der Waals surface area contributed by atoms with E-state index in [1.54, 1.807) is 42.5 Å². The Kier molecular flexibility index (Phi) is 6.36. The molecular formula is C19H16ClN3O3. The maximum atomic E-state index is 12.3. The van der Waals surface area contributed by atoms with Crippen LogP contribution in [0.5, 0.6) is 5.75 Å². The fraction of sp³-hybridized carbons (Fsp3) is 0.105. The maximum Gasteiger partial charge on any atom is 0.266 e. The van der Waals surface area contributed by atoms with E-state index < -0.39 is 5.91 Å². The number of anilines is 2. The SMILES string of the molecule is COc1ccc(/C=C(\C#N)C(=O)Nc2ccc(NC(C)=O)cc2)cc1Cl. The van der Waals surface area contributed by atoms with Gasteiger partial charge < -0.3 is 15.4 Å². The largest absolute Gasteiger partial charge is 0.495 e. The summed E-state index contributed by atoms with van der Waals surface area (Å²) in [7, 11) is 1.50. The number of carbonyl (C=O) groups is 2. The Hall–Kier alpha value is -3.30. The summed E-state index contributed by atoms with van der Waals surface area (Å²) in [5, 5.41) is 14.9. The molecule has 26 heavy (non-hydrogen) atoms. The van der Waals surface area contributed by atoms with E-state index in [1.807, 2.05) is 6.07 Å². The average molecular weight is 370 g/mol. The molecule has 0 atom stereocenters. The molecule has 0 radical (unpaired) electrons. The normalized spacial score (nSPS) is 10.6. The van der Waals surface area contributed by atoms with Crippen molar-refractivity contribution in [2.24, 2.45) is 0 Å². The van der Waals surface area contributed by atoms with Gasteiger partial charge in [-0.2, -0.15) is 5.26 Å². The van der Waals surface area contributed by atoms with Gasteiger partial charge in [0, 0.05) is 18.3 Å². The van der Waals surface area contributed by atoms with Crippen molar-refractivity contribution >= 4 is 40.9 Å². The standard InChI is InChI=1S/C19H16ClN3O3/c1-12(24)22-15-4-6-16(7-5-15)23-19(25)14(11-21)9-13-3-8-18(26-2)17(20)10-13/h3-10H,1-2H3,(H,22,24)(H,23,25)/b14-9+. The van der Waals surface area contributed by atoms with Gasteiger partial charge in [-0.25, -0.2) is 0 Å². The molecule has 2 aromatic rings. The van der Waals surface area contributed by atoms with Gasteiger partial charge in [-0.1, -0.05) is 17.7 Å². The lowest BCUT2D eigenvalue weighted by atomic mass is 10.1. The summed E-state index contributed by atoms with van der Waals surface area (Å²) >= 11 is 6.05. The van der Waals surface area contributed by atoms with E-state index in [0.717, 1.165) is 0 Å². The van der Waals surface area contributed by atoms with Crippen LogP contribution in [0.3, 0.4) is 0 Å². The Morgan fingerprint density at radius 2 is 1.73 bits per heavy atom. The van der Waals surface area contributed by atoms with Gasteiger partial charge in [-0.05, 0) is 48.0 Å². The fourth-order valence-corrected chi connectivity index (χ4v) is 2.39. The zero-order valence-electron chi connectivity index (χ0n) is 14.2. The van der Waals surface area contributed by atoms with Crippen LogP contribution in [0, 0.1) is 11.3 Å². The molecule has 2 aromatic carbocycles. The molecule has 0 aliphatic rings. The molecule has 0 fully saturated rings. The molecule has 0 bridgehead atoms. The second-order valence-electron chi connectivity index (χ2n) is 5.28. The first-order valence-electron chi connectivity index (χ1n) is 7.57. The molecule has 2 rings (SSSR count). The molecule has 7 heteroatoms. The molecule has 0 spiro atoms. The van der Waals surface area contributed by atoms with Crippen LogP contribution < -0.4 is 15.4 Å². The number of nitriles is 1. The highest BCUT2D eigenvalue weighted by Crippen LogP contribution is 2.26. The van der Waals surface area contributed by atoms with E-state index in [0.29, 0.717) is 27.7 Å². The lowest BCUT2D eigenvalue weighted by Gasteiger charge is -2.07. The van der Waals surface area contributed by atoms with Gasteiger partial charge in [0.15, 0.2) is 0 Å². The van der Waals surface area contributed by atoms with E-state index in [1.165, 1.54) is 20.1 Å². The van der Waals surface area contributed by atoms with E-state index in [2.05, 4.69) is 10.6 Å². The number of rotatable bonds is 5. The zero-order chi connectivity index (χ0) is 19.1. The molecule has 0 heterocycles. The number of carbonyl (C=O) groups excluding carboxylic acids is 2.